The summed E-state index contributed by atoms with van der Waals surface area (Å²) in [5.41, 5.74) is 10.1. The third-order valence-corrected chi connectivity index (χ3v) is 2.42. The molecule has 1 aliphatic rings. The van der Waals surface area contributed by atoms with Gasteiger partial charge in [-0.3, -0.25) is 4.79 Å². The van der Waals surface area contributed by atoms with Gasteiger partial charge in [0.05, 0.1) is 0 Å². The molecule has 1 saturated carbocycles. The number of carboxylic acid groups (broad SMARTS) is 1. The van der Waals surface area contributed by atoms with Crippen LogP contribution in [0.25, 0.3) is 0 Å². The van der Waals surface area contributed by atoms with E-state index in [4.69, 9.17) is 16.6 Å². The van der Waals surface area contributed by atoms with Crippen LogP contribution in [0.3, 0.4) is 0 Å². The highest BCUT2D eigenvalue weighted by Gasteiger charge is 2.41. The predicted molar refractivity (Wildman–Crippen MR) is 41.0 cm³/mol. The highest BCUT2D eigenvalue weighted by atomic mass is 16.4. The molecular weight excluding hydrogens is 144 g/mol. The van der Waals surface area contributed by atoms with E-state index in [0.717, 1.165) is 19.3 Å². The van der Waals surface area contributed by atoms with Gasteiger partial charge < -0.3 is 16.6 Å². The van der Waals surface area contributed by atoms with Gasteiger partial charge in [0.15, 0.2) is 0 Å². The number of nitrogens with two attached hydrogens (primary N) is 2. The Labute approximate surface area is 65.6 Å². The summed E-state index contributed by atoms with van der Waals surface area (Å²) >= 11 is 0. The van der Waals surface area contributed by atoms with Crippen LogP contribution in [0, 0.1) is 0 Å². The molecule has 0 spiro atoms. The lowest BCUT2D eigenvalue weighted by Crippen LogP contribution is -2.62. The molecule has 64 valence electrons. The smallest absolute Gasteiger partial charge is 0.325 e. The highest BCUT2D eigenvalue weighted by molar-refractivity contribution is 5.79. The van der Waals surface area contributed by atoms with E-state index in [1.165, 1.54) is 0 Å². The lowest BCUT2D eigenvalue weighted by atomic mass is 9.79. The summed E-state index contributed by atoms with van der Waals surface area (Å²) in [5, 5.41) is 8.76. The molecule has 2 unspecified atom stereocenters. The standard InChI is InChI=1S/C7H14N2O2/c8-5-3-1-2-4-7(5,9)6(10)11/h5H,1-4,8-9H2,(H,10,11). The van der Waals surface area contributed by atoms with Gasteiger partial charge in [-0.05, 0) is 12.8 Å². The first-order chi connectivity index (χ1) is 5.07. The average Bonchev–Trinajstić information content (AvgIpc) is 1.95. The van der Waals surface area contributed by atoms with Crippen LogP contribution in [0.2, 0.25) is 0 Å². The monoisotopic (exact) mass is 158 g/mol. The lowest BCUT2D eigenvalue weighted by molar-refractivity contribution is -0.145. The molecule has 1 aliphatic carbocycles. The third kappa shape index (κ3) is 1.36. The Morgan fingerprint density at radius 2 is 2.18 bits per heavy atom. The minimum Gasteiger partial charge on any atom is -0.480 e. The second kappa shape index (κ2) is 2.79. The first-order valence-corrected chi connectivity index (χ1v) is 3.85. The molecule has 0 amide bonds. The molecule has 0 radical (unpaired) electrons. The Balaban J connectivity index is 2.72. The highest BCUT2D eigenvalue weighted by Crippen LogP contribution is 2.24. The zero-order valence-electron chi connectivity index (χ0n) is 6.42. The minimum absolute atomic E-state index is 0.381. The molecule has 5 N–H and O–H groups in total. The van der Waals surface area contributed by atoms with Crippen molar-refractivity contribution in [3.05, 3.63) is 0 Å². The fourth-order valence-electron chi connectivity index (χ4n) is 1.49. The van der Waals surface area contributed by atoms with Crippen LogP contribution in [-0.4, -0.2) is 22.7 Å². The summed E-state index contributed by atoms with van der Waals surface area (Å²) < 4.78 is 0. The molecule has 1 rings (SSSR count). The summed E-state index contributed by atoms with van der Waals surface area (Å²) in [7, 11) is 0. The molecule has 0 heterocycles. The number of hydrogen-bond donors (Lipinski definition) is 3. The Bertz CT molecular complexity index is 172. The lowest BCUT2D eigenvalue weighted by Gasteiger charge is -2.34. The summed E-state index contributed by atoms with van der Waals surface area (Å²) in [4.78, 5) is 10.7. The maximum atomic E-state index is 10.7. The molecule has 2 atom stereocenters. The van der Waals surface area contributed by atoms with E-state index in [1.807, 2.05) is 0 Å². The summed E-state index contributed by atoms with van der Waals surface area (Å²) in [6, 6.07) is -0.381. The second-order valence-electron chi connectivity index (χ2n) is 3.20. The third-order valence-electron chi connectivity index (χ3n) is 2.42. The van der Waals surface area contributed by atoms with Gasteiger partial charge in [-0.2, -0.15) is 0 Å². The van der Waals surface area contributed by atoms with Gasteiger partial charge in [0, 0.05) is 6.04 Å². The normalized spacial score (nSPS) is 38.5. The van der Waals surface area contributed by atoms with Gasteiger partial charge in [0.2, 0.25) is 0 Å². The first-order valence-electron chi connectivity index (χ1n) is 3.85. The van der Waals surface area contributed by atoms with E-state index in [9.17, 15) is 4.79 Å². The zero-order valence-corrected chi connectivity index (χ0v) is 6.42. The Morgan fingerprint density at radius 3 is 2.55 bits per heavy atom. The minimum atomic E-state index is -1.17. The average molecular weight is 158 g/mol. The molecule has 0 aromatic carbocycles. The van der Waals surface area contributed by atoms with Crippen LogP contribution in [0.5, 0.6) is 0 Å². The van der Waals surface area contributed by atoms with E-state index < -0.39 is 11.5 Å². The van der Waals surface area contributed by atoms with Gasteiger partial charge in [-0.1, -0.05) is 12.8 Å². The van der Waals surface area contributed by atoms with Crippen LogP contribution in [0.1, 0.15) is 25.7 Å². The SMILES string of the molecule is NC1CCCCC1(N)C(=O)O. The van der Waals surface area contributed by atoms with Crippen molar-refractivity contribution in [3.8, 4) is 0 Å². The molecule has 1 fully saturated rings. The van der Waals surface area contributed by atoms with Crippen LogP contribution in [0.15, 0.2) is 0 Å². The molecular formula is C7H14N2O2. The van der Waals surface area contributed by atoms with E-state index in [0.29, 0.717) is 6.42 Å². The second-order valence-corrected chi connectivity index (χ2v) is 3.20. The van der Waals surface area contributed by atoms with Crippen molar-refractivity contribution in [2.24, 2.45) is 11.5 Å². The largest absolute Gasteiger partial charge is 0.480 e. The van der Waals surface area contributed by atoms with Crippen molar-refractivity contribution < 1.29 is 9.90 Å². The number of aliphatic carboxylic acids is 1. The molecule has 4 heteroatoms. The van der Waals surface area contributed by atoms with Crippen LogP contribution >= 0.6 is 0 Å². The van der Waals surface area contributed by atoms with E-state index in [1.54, 1.807) is 0 Å². The van der Waals surface area contributed by atoms with Gasteiger partial charge in [-0.15, -0.1) is 0 Å². The number of hydrogen-bond acceptors (Lipinski definition) is 3. The van der Waals surface area contributed by atoms with Crippen molar-refractivity contribution in [2.45, 2.75) is 37.3 Å². The topological polar surface area (TPSA) is 89.3 Å². The Hall–Kier alpha value is -0.610. The van der Waals surface area contributed by atoms with Crippen LogP contribution in [-0.2, 0) is 4.79 Å². The molecule has 11 heavy (non-hydrogen) atoms. The van der Waals surface area contributed by atoms with Gasteiger partial charge >= 0.3 is 5.97 Å². The van der Waals surface area contributed by atoms with E-state index in [-0.39, 0.29) is 6.04 Å². The van der Waals surface area contributed by atoms with E-state index in [2.05, 4.69) is 0 Å². The molecule has 0 aromatic rings. The van der Waals surface area contributed by atoms with Crippen molar-refractivity contribution >= 4 is 5.97 Å². The fourth-order valence-corrected chi connectivity index (χ4v) is 1.49. The van der Waals surface area contributed by atoms with Crippen molar-refractivity contribution in [3.63, 3.8) is 0 Å². The molecule has 0 aromatic heterocycles. The molecule has 0 bridgehead atoms. The number of carboxylic acids is 1. The van der Waals surface area contributed by atoms with Crippen molar-refractivity contribution in [2.75, 3.05) is 0 Å². The zero-order chi connectivity index (χ0) is 8.48. The van der Waals surface area contributed by atoms with Gasteiger partial charge in [0.1, 0.15) is 5.54 Å². The van der Waals surface area contributed by atoms with Crippen LogP contribution < -0.4 is 11.5 Å². The Kier molecular flexibility index (Phi) is 2.15. The van der Waals surface area contributed by atoms with Crippen molar-refractivity contribution in [1.82, 2.24) is 0 Å². The first kappa shape index (κ1) is 8.49. The summed E-state index contributed by atoms with van der Waals surface area (Å²) in [6.45, 7) is 0. The Morgan fingerprint density at radius 1 is 1.55 bits per heavy atom. The maximum Gasteiger partial charge on any atom is 0.325 e. The quantitative estimate of drug-likeness (QED) is 0.487. The number of carbonyl (C=O) groups is 1. The number of rotatable bonds is 1. The van der Waals surface area contributed by atoms with Crippen LogP contribution in [0.4, 0.5) is 0 Å². The van der Waals surface area contributed by atoms with Gasteiger partial charge in [0.25, 0.3) is 0 Å². The summed E-state index contributed by atoms with van der Waals surface area (Å²) in [5.74, 6) is -0.968. The molecule has 4 nitrogen and oxygen atoms in total. The molecule has 0 saturated heterocycles. The fraction of sp³-hybridized carbons (Fsp3) is 0.857. The summed E-state index contributed by atoms with van der Waals surface area (Å²) in [6.07, 6.45) is 3.09. The molecule has 0 aliphatic heterocycles. The predicted octanol–water partition coefficient (Wildman–Crippen LogP) is -0.330. The maximum absolute atomic E-state index is 10.7. The van der Waals surface area contributed by atoms with Crippen molar-refractivity contribution in [1.29, 1.82) is 0 Å². The van der Waals surface area contributed by atoms with E-state index >= 15 is 0 Å². The van der Waals surface area contributed by atoms with Gasteiger partial charge in [-0.25, -0.2) is 0 Å².